The molecule has 0 aliphatic rings. The van der Waals surface area contributed by atoms with Gasteiger partial charge in [-0.25, -0.2) is 0 Å². The minimum Gasteiger partial charge on any atom is -0.320 e. The molecular weight excluding hydrogens is 307 g/mol. The van der Waals surface area contributed by atoms with Crippen LogP contribution >= 0.6 is 11.6 Å². The first-order valence-electron chi connectivity index (χ1n) is 5.88. The van der Waals surface area contributed by atoms with Gasteiger partial charge in [-0.05, 0) is 19.1 Å². The Bertz CT molecular complexity index is 694. The van der Waals surface area contributed by atoms with Crippen LogP contribution in [0.1, 0.15) is 21.7 Å². The van der Waals surface area contributed by atoms with Crippen molar-refractivity contribution in [2.75, 3.05) is 5.32 Å². The normalized spacial score (nSPS) is 11.5. The fourth-order valence-corrected chi connectivity index (χ4v) is 1.99. The Morgan fingerprint density at radius 3 is 2.48 bits per heavy atom. The first-order chi connectivity index (χ1) is 9.71. The molecule has 0 unspecified atom stereocenters. The van der Waals surface area contributed by atoms with Crippen molar-refractivity contribution in [2.24, 2.45) is 7.05 Å². The molecule has 112 valence electrons. The molecule has 1 aromatic heterocycles. The number of halogens is 4. The number of aryl methyl sites for hydroxylation is 1. The van der Waals surface area contributed by atoms with Gasteiger partial charge in [-0.2, -0.15) is 18.3 Å². The summed E-state index contributed by atoms with van der Waals surface area (Å²) in [6.45, 7) is 1.65. The highest BCUT2D eigenvalue weighted by Gasteiger charge is 2.34. The molecule has 1 N–H and O–H groups in total. The summed E-state index contributed by atoms with van der Waals surface area (Å²) < 4.78 is 39.9. The average molecular weight is 318 g/mol. The number of nitrogens with zero attached hydrogens (tertiary/aromatic N) is 2. The maximum absolute atomic E-state index is 12.9. The Morgan fingerprint density at radius 1 is 1.33 bits per heavy atom. The van der Waals surface area contributed by atoms with E-state index in [2.05, 4.69) is 10.4 Å². The van der Waals surface area contributed by atoms with E-state index in [4.69, 9.17) is 11.6 Å². The van der Waals surface area contributed by atoms with E-state index in [1.54, 1.807) is 14.0 Å². The molecular formula is C13H11ClF3N3O. The standard InChI is InChI=1S/C13H11ClF3N3O/c1-7-10(14)11(19-20(7)2)12(21)18-9-6-4-3-5-8(9)13(15,16)17/h3-6H,1-2H3,(H,18,21). The van der Waals surface area contributed by atoms with Gasteiger partial charge in [0.1, 0.15) is 0 Å². The van der Waals surface area contributed by atoms with Crippen LogP contribution in [0.15, 0.2) is 24.3 Å². The number of nitrogens with one attached hydrogen (secondary N) is 1. The molecule has 0 aliphatic carbocycles. The number of hydrogen-bond acceptors (Lipinski definition) is 2. The number of benzene rings is 1. The summed E-state index contributed by atoms with van der Waals surface area (Å²) in [5.74, 6) is -0.791. The van der Waals surface area contributed by atoms with Gasteiger partial charge in [0.15, 0.2) is 5.69 Å². The van der Waals surface area contributed by atoms with Crippen molar-refractivity contribution < 1.29 is 18.0 Å². The lowest BCUT2D eigenvalue weighted by molar-refractivity contribution is -0.136. The van der Waals surface area contributed by atoms with Crippen LogP contribution in [0.4, 0.5) is 18.9 Å². The minimum absolute atomic E-state index is 0.111. The zero-order valence-electron chi connectivity index (χ0n) is 11.1. The summed E-state index contributed by atoms with van der Waals surface area (Å²) in [7, 11) is 1.58. The fraction of sp³-hybridized carbons (Fsp3) is 0.231. The third kappa shape index (κ3) is 3.02. The summed E-state index contributed by atoms with van der Waals surface area (Å²) >= 11 is 5.94. The number of aromatic nitrogens is 2. The summed E-state index contributed by atoms with van der Waals surface area (Å²) in [5, 5.41) is 6.20. The zero-order valence-corrected chi connectivity index (χ0v) is 11.9. The monoisotopic (exact) mass is 317 g/mol. The van der Waals surface area contributed by atoms with E-state index in [1.165, 1.54) is 22.9 Å². The van der Waals surface area contributed by atoms with E-state index >= 15 is 0 Å². The predicted octanol–water partition coefficient (Wildman–Crippen LogP) is 3.65. The van der Waals surface area contributed by atoms with Crippen LogP contribution in [0, 0.1) is 6.92 Å². The van der Waals surface area contributed by atoms with Crippen LogP contribution in [-0.4, -0.2) is 15.7 Å². The number of rotatable bonds is 2. The summed E-state index contributed by atoms with van der Waals surface area (Å²) in [4.78, 5) is 12.0. The maximum atomic E-state index is 12.9. The van der Waals surface area contributed by atoms with Gasteiger partial charge in [-0.1, -0.05) is 23.7 Å². The molecule has 1 heterocycles. The van der Waals surface area contributed by atoms with Crippen LogP contribution in [0.2, 0.25) is 5.02 Å². The largest absolute Gasteiger partial charge is 0.418 e. The lowest BCUT2D eigenvalue weighted by Gasteiger charge is -2.12. The Hall–Kier alpha value is -2.02. The highest BCUT2D eigenvalue weighted by atomic mass is 35.5. The second-order valence-electron chi connectivity index (χ2n) is 4.37. The van der Waals surface area contributed by atoms with E-state index in [0.717, 1.165) is 6.07 Å². The van der Waals surface area contributed by atoms with Crippen LogP contribution in [0.25, 0.3) is 0 Å². The van der Waals surface area contributed by atoms with Crippen LogP contribution < -0.4 is 5.32 Å². The van der Waals surface area contributed by atoms with E-state index in [0.29, 0.717) is 5.69 Å². The smallest absolute Gasteiger partial charge is 0.320 e. The van der Waals surface area contributed by atoms with Crippen molar-refractivity contribution >= 4 is 23.2 Å². The lowest BCUT2D eigenvalue weighted by Crippen LogP contribution is -2.17. The highest BCUT2D eigenvalue weighted by molar-refractivity contribution is 6.34. The molecule has 2 rings (SSSR count). The molecule has 0 saturated heterocycles. The third-order valence-corrected chi connectivity index (χ3v) is 3.41. The molecule has 8 heteroatoms. The van der Waals surface area contributed by atoms with Crippen LogP contribution in [0.5, 0.6) is 0 Å². The van der Waals surface area contributed by atoms with Gasteiger partial charge in [-0.15, -0.1) is 0 Å². The first-order valence-corrected chi connectivity index (χ1v) is 6.26. The van der Waals surface area contributed by atoms with Crippen LogP contribution in [-0.2, 0) is 13.2 Å². The molecule has 0 fully saturated rings. The van der Waals surface area contributed by atoms with Gasteiger partial charge >= 0.3 is 6.18 Å². The minimum atomic E-state index is -4.56. The topological polar surface area (TPSA) is 46.9 Å². The molecule has 4 nitrogen and oxygen atoms in total. The van der Waals surface area contributed by atoms with Crippen LogP contribution in [0.3, 0.4) is 0 Å². The van der Waals surface area contributed by atoms with E-state index in [9.17, 15) is 18.0 Å². The molecule has 0 spiro atoms. The molecule has 1 aromatic carbocycles. The SMILES string of the molecule is Cc1c(Cl)c(C(=O)Nc2ccccc2C(F)(F)F)nn1C. The highest BCUT2D eigenvalue weighted by Crippen LogP contribution is 2.34. The van der Waals surface area contributed by atoms with Gasteiger partial charge in [0, 0.05) is 7.05 Å². The van der Waals surface area contributed by atoms with Crippen molar-refractivity contribution in [1.29, 1.82) is 0 Å². The number of carbonyl (C=O) groups is 1. The first kappa shape index (κ1) is 15.4. The van der Waals surface area contributed by atoms with Crippen molar-refractivity contribution in [2.45, 2.75) is 13.1 Å². The second kappa shape index (κ2) is 5.40. The Balaban J connectivity index is 2.35. The number of carbonyl (C=O) groups excluding carboxylic acids is 1. The number of anilines is 1. The maximum Gasteiger partial charge on any atom is 0.418 e. The predicted molar refractivity (Wildman–Crippen MR) is 72.4 cm³/mol. The Morgan fingerprint density at radius 2 is 1.95 bits per heavy atom. The van der Waals surface area contributed by atoms with Gasteiger partial charge in [0.2, 0.25) is 0 Å². The summed E-state index contributed by atoms with van der Waals surface area (Å²) in [6, 6.07) is 4.71. The molecule has 1 amide bonds. The molecule has 21 heavy (non-hydrogen) atoms. The van der Waals surface area contributed by atoms with Gasteiger partial charge in [0.25, 0.3) is 5.91 Å². The summed E-state index contributed by atoms with van der Waals surface area (Å²) in [6.07, 6.45) is -4.56. The van der Waals surface area contributed by atoms with Gasteiger partial charge < -0.3 is 5.32 Å². The van der Waals surface area contributed by atoms with Crippen molar-refractivity contribution in [1.82, 2.24) is 9.78 Å². The van der Waals surface area contributed by atoms with Crippen molar-refractivity contribution in [3.8, 4) is 0 Å². The summed E-state index contributed by atoms with van der Waals surface area (Å²) in [5.41, 5.74) is -0.837. The number of alkyl halides is 3. The molecule has 0 atom stereocenters. The van der Waals surface area contributed by atoms with Gasteiger partial charge in [-0.3, -0.25) is 9.48 Å². The molecule has 0 radical (unpaired) electrons. The quantitative estimate of drug-likeness (QED) is 0.919. The third-order valence-electron chi connectivity index (χ3n) is 2.96. The Labute approximate surface area is 123 Å². The molecule has 0 saturated carbocycles. The Kier molecular flexibility index (Phi) is 3.95. The van der Waals surface area contributed by atoms with E-state index in [1.807, 2.05) is 0 Å². The van der Waals surface area contributed by atoms with E-state index in [-0.39, 0.29) is 16.4 Å². The second-order valence-corrected chi connectivity index (χ2v) is 4.75. The average Bonchev–Trinajstić information content (AvgIpc) is 2.66. The number of amides is 1. The fourth-order valence-electron chi connectivity index (χ4n) is 1.75. The van der Waals surface area contributed by atoms with Crippen molar-refractivity contribution in [3.05, 3.63) is 46.2 Å². The number of hydrogen-bond donors (Lipinski definition) is 1. The zero-order chi connectivity index (χ0) is 15.8. The van der Waals surface area contributed by atoms with E-state index < -0.39 is 17.6 Å². The lowest BCUT2D eigenvalue weighted by atomic mass is 10.1. The molecule has 2 aromatic rings. The molecule has 0 aliphatic heterocycles. The van der Waals surface area contributed by atoms with Gasteiger partial charge in [0.05, 0.1) is 22.0 Å². The van der Waals surface area contributed by atoms with Crippen molar-refractivity contribution in [3.63, 3.8) is 0 Å². The molecule has 0 bridgehead atoms. The number of para-hydroxylation sites is 1.